The molecule has 1 aromatic heterocycles. The summed E-state index contributed by atoms with van der Waals surface area (Å²) < 4.78 is 5.40. The summed E-state index contributed by atoms with van der Waals surface area (Å²) >= 11 is 13.1. The Morgan fingerprint density at radius 2 is 2.05 bits per heavy atom. The van der Waals surface area contributed by atoms with E-state index in [4.69, 9.17) is 33.7 Å². The van der Waals surface area contributed by atoms with Gasteiger partial charge in [0.1, 0.15) is 6.61 Å². The molecular weight excluding hydrogens is 313 g/mol. The number of thiazole rings is 1. The van der Waals surface area contributed by atoms with Crippen molar-refractivity contribution in [2.45, 2.75) is 6.61 Å². The maximum Gasteiger partial charge on any atom is 0.272 e. The fraction of sp³-hybridized carbons (Fsp3) is 0.100. The number of hydrogen-bond donors (Lipinski definition) is 1. The van der Waals surface area contributed by atoms with Gasteiger partial charge in [0.2, 0.25) is 0 Å². The monoisotopic (exact) mass is 319 g/mol. The van der Waals surface area contributed by atoms with Crippen LogP contribution in [0.2, 0.25) is 10.0 Å². The van der Waals surface area contributed by atoms with E-state index in [-0.39, 0.29) is 28.1 Å². The molecule has 0 bridgehead atoms. The SMILES string of the molecule is Nc1nc(COc2c(Cl)cc([N+](=O)[O-])cc2Cl)cs1. The first-order chi connectivity index (χ1) is 8.97. The van der Waals surface area contributed by atoms with Crippen molar-refractivity contribution in [2.24, 2.45) is 0 Å². The summed E-state index contributed by atoms with van der Waals surface area (Å²) in [5.41, 5.74) is 5.92. The third-order valence-corrected chi connectivity index (χ3v) is 3.41. The molecule has 0 amide bonds. The lowest BCUT2D eigenvalue weighted by molar-refractivity contribution is -0.384. The number of nitrogens with two attached hydrogens (primary N) is 1. The molecule has 9 heteroatoms. The fourth-order valence-corrected chi connectivity index (χ4v) is 2.46. The van der Waals surface area contributed by atoms with Crippen LogP contribution in [-0.4, -0.2) is 9.91 Å². The average Bonchev–Trinajstić information content (AvgIpc) is 2.73. The molecular formula is C10H7Cl2N3O3S. The van der Waals surface area contributed by atoms with Gasteiger partial charge in [0.15, 0.2) is 10.9 Å². The van der Waals surface area contributed by atoms with Crippen LogP contribution in [0.25, 0.3) is 0 Å². The van der Waals surface area contributed by atoms with Crippen LogP contribution in [0, 0.1) is 10.1 Å². The first-order valence-electron chi connectivity index (χ1n) is 4.93. The predicted octanol–water partition coefficient (Wildman–Crippen LogP) is 3.52. The molecule has 1 heterocycles. The Kier molecular flexibility index (Phi) is 4.08. The van der Waals surface area contributed by atoms with Crippen molar-refractivity contribution < 1.29 is 9.66 Å². The number of nitrogens with zero attached hydrogens (tertiary/aromatic N) is 2. The Hall–Kier alpha value is -1.57. The second-order valence-corrected chi connectivity index (χ2v) is 5.17. The van der Waals surface area contributed by atoms with Crippen LogP contribution >= 0.6 is 34.5 Å². The van der Waals surface area contributed by atoms with Crippen molar-refractivity contribution in [3.05, 3.63) is 43.4 Å². The van der Waals surface area contributed by atoms with E-state index in [1.807, 2.05) is 0 Å². The number of non-ortho nitro benzene ring substituents is 1. The smallest absolute Gasteiger partial charge is 0.272 e. The first kappa shape index (κ1) is 13.9. The van der Waals surface area contributed by atoms with Crippen LogP contribution < -0.4 is 10.5 Å². The average molecular weight is 320 g/mol. The highest BCUT2D eigenvalue weighted by atomic mass is 35.5. The van der Waals surface area contributed by atoms with Gasteiger partial charge in [-0.25, -0.2) is 4.98 Å². The molecule has 0 spiro atoms. The normalized spacial score (nSPS) is 10.4. The Labute approximate surface area is 121 Å². The molecule has 0 fully saturated rings. The predicted molar refractivity (Wildman–Crippen MR) is 74.0 cm³/mol. The van der Waals surface area contributed by atoms with Crippen LogP contribution in [-0.2, 0) is 6.61 Å². The maximum absolute atomic E-state index is 10.6. The van der Waals surface area contributed by atoms with E-state index in [1.165, 1.54) is 23.5 Å². The molecule has 2 rings (SSSR count). The van der Waals surface area contributed by atoms with Crippen molar-refractivity contribution in [2.75, 3.05) is 5.73 Å². The lowest BCUT2D eigenvalue weighted by Crippen LogP contribution is -1.98. The van der Waals surface area contributed by atoms with E-state index in [2.05, 4.69) is 4.98 Å². The highest BCUT2D eigenvalue weighted by molar-refractivity contribution is 7.13. The summed E-state index contributed by atoms with van der Waals surface area (Å²) in [5, 5.41) is 12.9. The molecule has 2 aromatic rings. The van der Waals surface area contributed by atoms with Gasteiger partial charge in [0.05, 0.1) is 20.7 Å². The Balaban J connectivity index is 2.18. The molecule has 0 atom stereocenters. The maximum atomic E-state index is 10.6. The molecule has 0 aliphatic heterocycles. The number of aromatic nitrogens is 1. The summed E-state index contributed by atoms with van der Waals surface area (Å²) in [6, 6.07) is 2.36. The van der Waals surface area contributed by atoms with Crippen LogP contribution in [0.3, 0.4) is 0 Å². The summed E-state index contributed by atoms with van der Waals surface area (Å²) in [4.78, 5) is 14.1. The van der Waals surface area contributed by atoms with Crippen LogP contribution in [0.4, 0.5) is 10.8 Å². The van der Waals surface area contributed by atoms with E-state index in [0.717, 1.165) is 0 Å². The Morgan fingerprint density at radius 3 is 2.53 bits per heavy atom. The van der Waals surface area contributed by atoms with Crippen molar-refractivity contribution in [3.8, 4) is 5.75 Å². The topological polar surface area (TPSA) is 91.3 Å². The highest BCUT2D eigenvalue weighted by Gasteiger charge is 2.16. The van der Waals surface area contributed by atoms with Crippen molar-refractivity contribution in [1.29, 1.82) is 0 Å². The molecule has 0 unspecified atom stereocenters. The van der Waals surface area contributed by atoms with E-state index in [0.29, 0.717) is 10.8 Å². The van der Waals surface area contributed by atoms with Gasteiger partial charge in [0.25, 0.3) is 5.69 Å². The number of nitrogen functional groups attached to an aromatic ring is 1. The fourth-order valence-electron chi connectivity index (χ4n) is 1.32. The molecule has 19 heavy (non-hydrogen) atoms. The third-order valence-electron chi connectivity index (χ3n) is 2.13. The molecule has 0 saturated heterocycles. The minimum atomic E-state index is -0.581. The van der Waals surface area contributed by atoms with Crippen molar-refractivity contribution in [1.82, 2.24) is 4.98 Å². The van der Waals surface area contributed by atoms with E-state index in [1.54, 1.807) is 5.38 Å². The number of hydrogen-bond acceptors (Lipinski definition) is 6. The van der Waals surface area contributed by atoms with Gasteiger partial charge in [-0.3, -0.25) is 10.1 Å². The van der Waals surface area contributed by atoms with E-state index in [9.17, 15) is 10.1 Å². The van der Waals surface area contributed by atoms with Crippen LogP contribution in [0.1, 0.15) is 5.69 Å². The zero-order valence-corrected chi connectivity index (χ0v) is 11.6. The van der Waals surface area contributed by atoms with Gasteiger partial charge < -0.3 is 10.5 Å². The summed E-state index contributed by atoms with van der Waals surface area (Å²) in [7, 11) is 0. The van der Waals surface area contributed by atoms with Crippen molar-refractivity contribution in [3.63, 3.8) is 0 Å². The number of ether oxygens (including phenoxy) is 1. The number of anilines is 1. The molecule has 100 valence electrons. The molecule has 0 radical (unpaired) electrons. The van der Waals surface area contributed by atoms with Crippen LogP contribution in [0.15, 0.2) is 17.5 Å². The summed E-state index contributed by atoms with van der Waals surface area (Å²) in [6.45, 7) is 0.130. The molecule has 1 aromatic carbocycles. The minimum Gasteiger partial charge on any atom is -0.484 e. The second-order valence-electron chi connectivity index (χ2n) is 3.46. The molecule has 2 N–H and O–H groups in total. The molecule has 0 saturated carbocycles. The van der Waals surface area contributed by atoms with Gasteiger partial charge in [-0.15, -0.1) is 11.3 Å². The highest BCUT2D eigenvalue weighted by Crippen LogP contribution is 2.37. The second kappa shape index (κ2) is 5.60. The minimum absolute atomic E-state index is 0.0717. The van der Waals surface area contributed by atoms with Gasteiger partial charge in [-0.1, -0.05) is 23.2 Å². The number of nitro benzene ring substituents is 1. The number of nitro groups is 1. The van der Waals surface area contributed by atoms with Gasteiger partial charge in [-0.2, -0.15) is 0 Å². The van der Waals surface area contributed by atoms with Gasteiger partial charge in [0, 0.05) is 17.5 Å². The molecule has 0 aliphatic rings. The third kappa shape index (κ3) is 3.25. The standard InChI is InChI=1S/C10H7Cl2N3O3S/c11-7-1-6(15(16)17)2-8(12)9(7)18-3-5-4-19-10(13)14-5/h1-2,4H,3H2,(H2,13,14). The Bertz CT molecular complexity index is 609. The molecule has 0 aliphatic carbocycles. The van der Waals surface area contributed by atoms with Crippen LogP contribution in [0.5, 0.6) is 5.75 Å². The number of halogens is 2. The number of benzene rings is 1. The van der Waals surface area contributed by atoms with Crippen molar-refractivity contribution >= 4 is 45.4 Å². The Morgan fingerprint density at radius 1 is 1.42 bits per heavy atom. The first-order valence-corrected chi connectivity index (χ1v) is 6.57. The lowest BCUT2D eigenvalue weighted by atomic mass is 10.3. The van der Waals surface area contributed by atoms with Gasteiger partial charge >= 0.3 is 0 Å². The molecule has 6 nitrogen and oxygen atoms in total. The number of rotatable bonds is 4. The largest absolute Gasteiger partial charge is 0.484 e. The summed E-state index contributed by atoms with van der Waals surface area (Å²) in [6.07, 6.45) is 0. The van der Waals surface area contributed by atoms with E-state index < -0.39 is 4.92 Å². The van der Waals surface area contributed by atoms with E-state index >= 15 is 0 Å². The summed E-state index contributed by atoms with van der Waals surface area (Å²) in [5.74, 6) is 0.181. The quantitative estimate of drug-likeness (QED) is 0.687. The van der Waals surface area contributed by atoms with Gasteiger partial charge in [-0.05, 0) is 0 Å². The zero-order chi connectivity index (χ0) is 14.0. The zero-order valence-electron chi connectivity index (χ0n) is 9.30. The lowest BCUT2D eigenvalue weighted by Gasteiger charge is -2.08.